The third kappa shape index (κ3) is 1.23. The Morgan fingerprint density at radius 1 is 1.00 bits per heavy atom. The Kier molecular flexibility index (Phi) is 2.03. The molecule has 3 heteroatoms. The minimum atomic E-state index is 0.644. The van der Waals surface area contributed by atoms with Crippen LogP contribution in [0.4, 0.5) is 0 Å². The molecule has 0 aromatic rings. The van der Waals surface area contributed by atoms with Crippen molar-refractivity contribution in [2.24, 2.45) is 0 Å². The Bertz CT molecular complexity index is 95.2. The topological polar surface area (TPSA) is 6.48 Å². The highest BCUT2D eigenvalue weighted by Crippen LogP contribution is 2.30. The van der Waals surface area contributed by atoms with Crippen LogP contribution in [0.25, 0.3) is 0 Å². The Hall–Kier alpha value is 0.270. The quantitative estimate of drug-likeness (QED) is 0.507. The molecular weight excluding hydrogens is 132 g/mol. The maximum absolute atomic E-state index is 2.26. The molecule has 0 saturated carbocycles. The summed E-state index contributed by atoms with van der Waals surface area (Å²) in [4.78, 5) is 0. The van der Waals surface area contributed by atoms with Gasteiger partial charge in [-0.2, -0.15) is 0 Å². The van der Waals surface area contributed by atoms with Gasteiger partial charge in [0.25, 0.3) is 0 Å². The second-order valence-corrected chi connectivity index (χ2v) is 4.12. The fraction of sp³-hybridized carbons (Fsp3) is 1.00. The van der Waals surface area contributed by atoms with Crippen LogP contribution < -0.4 is 0 Å². The highest BCUT2D eigenvalue weighted by atomic mass is 32.2. The molecule has 2 nitrogen and oxygen atoms in total. The average molecular weight is 146 g/mol. The summed E-state index contributed by atoms with van der Waals surface area (Å²) in [5.41, 5.74) is 0. The van der Waals surface area contributed by atoms with Crippen LogP contribution in [0.5, 0.6) is 0 Å². The van der Waals surface area contributed by atoms with Gasteiger partial charge in [0.2, 0.25) is 0 Å². The number of hydrogen-bond acceptors (Lipinski definition) is 3. The van der Waals surface area contributed by atoms with Crippen LogP contribution >= 0.6 is 11.8 Å². The molecule has 0 aromatic carbocycles. The van der Waals surface area contributed by atoms with Crippen molar-refractivity contribution in [1.29, 1.82) is 0 Å². The number of hydrazine groups is 1. The van der Waals surface area contributed by atoms with E-state index in [1.807, 2.05) is 11.8 Å². The van der Waals surface area contributed by atoms with Crippen molar-refractivity contribution < 1.29 is 0 Å². The summed E-state index contributed by atoms with van der Waals surface area (Å²) in [6.07, 6.45) is 0. The molecule has 1 aliphatic rings. The molecule has 0 aliphatic carbocycles. The predicted octanol–water partition coefficient (Wildman–Crippen LogP) is 1.20. The molecule has 9 heavy (non-hydrogen) atoms. The van der Waals surface area contributed by atoms with E-state index in [0.717, 1.165) is 0 Å². The zero-order valence-corrected chi connectivity index (χ0v) is 7.27. The molecule has 1 heterocycles. The fourth-order valence-electron chi connectivity index (χ4n) is 0.974. The van der Waals surface area contributed by atoms with Crippen LogP contribution in [0.2, 0.25) is 0 Å². The lowest BCUT2D eigenvalue weighted by atomic mass is 10.7. The van der Waals surface area contributed by atoms with E-state index in [0.29, 0.717) is 10.7 Å². The lowest BCUT2D eigenvalue weighted by molar-refractivity contribution is 0.0357. The number of thioether (sulfide) groups is 1. The Balaban J connectivity index is 2.54. The largest absolute Gasteiger partial charge is 0.231 e. The lowest BCUT2D eigenvalue weighted by Crippen LogP contribution is -2.35. The van der Waals surface area contributed by atoms with Crippen LogP contribution in [0.15, 0.2) is 0 Å². The van der Waals surface area contributed by atoms with Gasteiger partial charge in [-0.1, -0.05) is 0 Å². The second kappa shape index (κ2) is 2.48. The average Bonchev–Trinajstić information content (AvgIpc) is 1.98. The standard InChI is InChI=1S/C6H14N2S/c1-5-7(3)8(4)6(2)9-5/h5-6H,1-4H3. The summed E-state index contributed by atoms with van der Waals surface area (Å²) in [6, 6.07) is 0. The van der Waals surface area contributed by atoms with E-state index in [4.69, 9.17) is 0 Å². The molecule has 1 saturated heterocycles. The summed E-state index contributed by atoms with van der Waals surface area (Å²) < 4.78 is 0. The molecule has 0 N–H and O–H groups in total. The van der Waals surface area contributed by atoms with Crippen molar-refractivity contribution in [2.45, 2.75) is 24.6 Å². The molecule has 0 spiro atoms. The molecule has 54 valence electrons. The first kappa shape index (κ1) is 7.38. The van der Waals surface area contributed by atoms with Gasteiger partial charge in [-0.3, -0.25) is 0 Å². The summed E-state index contributed by atoms with van der Waals surface area (Å²) in [5.74, 6) is 0. The first-order valence-corrected chi connectivity index (χ1v) is 4.18. The SMILES string of the molecule is CC1SC(C)N(C)N1C. The van der Waals surface area contributed by atoms with Gasteiger partial charge in [-0.25, -0.2) is 10.0 Å². The fourth-order valence-corrected chi connectivity index (χ4v) is 2.19. The van der Waals surface area contributed by atoms with Crippen LogP contribution in [0.3, 0.4) is 0 Å². The zero-order chi connectivity index (χ0) is 7.02. The first-order valence-electron chi connectivity index (χ1n) is 3.24. The van der Waals surface area contributed by atoms with Crippen LogP contribution in [0, 0.1) is 0 Å². The third-order valence-corrected chi connectivity index (χ3v) is 3.34. The minimum Gasteiger partial charge on any atom is -0.231 e. The monoisotopic (exact) mass is 146 g/mol. The highest BCUT2D eigenvalue weighted by Gasteiger charge is 2.28. The number of rotatable bonds is 0. The van der Waals surface area contributed by atoms with Crippen molar-refractivity contribution in [3.63, 3.8) is 0 Å². The zero-order valence-electron chi connectivity index (χ0n) is 6.46. The second-order valence-electron chi connectivity index (χ2n) is 2.48. The minimum absolute atomic E-state index is 0.644. The molecule has 2 unspecified atom stereocenters. The summed E-state index contributed by atoms with van der Waals surface area (Å²) >= 11 is 1.99. The van der Waals surface area contributed by atoms with Gasteiger partial charge in [0.1, 0.15) is 0 Å². The predicted molar refractivity (Wildman–Crippen MR) is 42.0 cm³/mol. The van der Waals surface area contributed by atoms with Gasteiger partial charge in [-0.15, -0.1) is 11.8 Å². The van der Waals surface area contributed by atoms with Crippen LogP contribution in [-0.4, -0.2) is 34.9 Å². The van der Waals surface area contributed by atoms with Gasteiger partial charge in [0.15, 0.2) is 0 Å². The van der Waals surface area contributed by atoms with Gasteiger partial charge in [-0.05, 0) is 13.8 Å². The van der Waals surface area contributed by atoms with E-state index in [1.165, 1.54) is 0 Å². The molecule has 0 radical (unpaired) electrons. The van der Waals surface area contributed by atoms with E-state index in [1.54, 1.807) is 0 Å². The van der Waals surface area contributed by atoms with Crippen molar-refractivity contribution in [3.8, 4) is 0 Å². The maximum Gasteiger partial charge on any atom is 0.0684 e. The summed E-state index contributed by atoms with van der Waals surface area (Å²) in [5, 5.41) is 5.81. The van der Waals surface area contributed by atoms with Crippen molar-refractivity contribution in [2.75, 3.05) is 14.1 Å². The van der Waals surface area contributed by atoms with Gasteiger partial charge >= 0.3 is 0 Å². The molecular formula is C6H14N2S. The molecule has 0 amide bonds. The third-order valence-electron chi connectivity index (χ3n) is 1.94. The number of hydrogen-bond donors (Lipinski definition) is 0. The van der Waals surface area contributed by atoms with Crippen LogP contribution in [0.1, 0.15) is 13.8 Å². The summed E-state index contributed by atoms with van der Waals surface area (Å²) in [6.45, 7) is 4.45. The Morgan fingerprint density at radius 2 is 1.33 bits per heavy atom. The molecule has 1 aliphatic heterocycles. The first-order chi connectivity index (χ1) is 4.13. The van der Waals surface area contributed by atoms with Gasteiger partial charge in [0, 0.05) is 14.1 Å². The van der Waals surface area contributed by atoms with Gasteiger partial charge < -0.3 is 0 Å². The smallest absolute Gasteiger partial charge is 0.0684 e. The number of nitrogens with zero attached hydrogens (tertiary/aromatic N) is 2. The van der Waals surface area contributed by atoms with Crippen molar-refractivity contribution in [1.82, 2.24) is 10.0 Å². The van der Waals surface area contributed by atoms with Gasteiger partial charge in [0.05, 0.1) is 10.7 Å². The summed E-state index contributed by atoms with van der Waals surface area (Å²) in [7, 11) is 4.25. The molecule has 2 atom stereocenters. The Labute approximate surface area is 61.2 Å². The van der Waals surface area contributed by atoms with E-state index < -0.39 is 0 Å². The molecule has 0 bridgehead atoms. The highest BCUT2D eigenvalue weighted by molar-refractivity contribution is 8.00. The molecule has 0 aromatic heterocycles. The van der Waals surface area contributed by atoms with E-state index >= 15 is 0 Å². The van der Waals surface area contributed by atoms with E-state index in [9.17, 15) is 0 Å². The lowest BCUT2D eigenvalue weighted by Gasteiger charge is -2.22. The maximum atomic E-state index is 2.26. The van der Waals surface area contributed by atoms with E-state index in [-0.39, 0.29) is 0 Å². The van der Waals surface area contributed by atoms with E-state index in [2.05, 4.69) is 38.0 Å². The van der Waals surface area contributed by atoms with Crippen molar-refractivity contribution in [3.05, 3.63) is 0 Å². The van der Waals surface area contributed by atoms with Crippen LogP contribution in [-0.2, 0) is 0 Å². The Morgan fingerprint density at radius 3 is 1.44 bits per heavy atom. The molecule has 1 rings (SSSR count). The van der Waals surface area contributed by atoms with Crippen molar-refractivity contribution >= 4 is 11.8 Å². The normalized spacial score (nSPS) is 40.0. The molecule has 1 fully saturated rings.